The fourth-order valence-corrected chi connectivity index (χ4v) is 2.92. The molecule has 1 aromatic heterocycles. The zero-order valence-corrected chi connectivity index (χ0v) is 12.4. The molecule has 0 radical (unpaired) electrons. The first-order chi connectivity index (χ1) is 10.8. The highest BCUT2D eigenvalue weighted by molar-refractivity contribution is 5.89. The number of hydrogen-bond donors (Lipinski definition) is 1. The van der Waals surface area contributed by atoms with Gasteiger partial charge in [-0.05, 0) is 25.0 Å². The summed E-state index contributed by atoms with van der Waals surface area (Å²) in [5, 5.41) is 11.6. The van der Waals surface area contributed by atoms with Crippen LogP contribution in [0.3, 0.4) is 0 Å². The number of para-hydroxylation sites is 1. The summed E-state index contributed by atoms with van der Waals surface area (Å²) in [6, 6.07) is 9.53. The Labute approximate surface area is 129 Å². The lowest BCUT2D eigenvalue weighted by molar-refractivity contribution is 0.212. The summed E-state index contributed by atoms with van der Waals surface area (Å²) in [4.78, 5) is 14.3. The minimum atomic E-state index is -0.0436. The SMILES string of the molecule is O=C(Nc1ccccc1)N1CCc2nnc(C3CC3)n2CC1. The smallest absolute Gasteiger partial charge is 0.321 e. The second-order valence-corrected chi connectivity index (χ2v) is 5.93. The number of aromatic nitrogens is 3. The Hall–Kier alpha value is -2.37. The predicted molar refractivity (Wildman–Crippen MR) is 82.7 cm³/mol. The van der Waals surface area contributed by atoms with Gasteiger partial charge in [0.1, 0.15) is 11.6 Å². The van der Waals surface area contributed by atoms with Crippen molar-refractivity contribution < 1.29 is 4.79 Å². The van der Waals surface area contributed by atoms with Gasteiger partial charge in [0, 0.05) is 37.7 Å². The molecule has 1 saturated carbocycles. The zero-order valence-electron chi connectivity index (χ0n) is 12.4. The van der Waals surface area contributed by atoms with E-state index in [0.717, 1.165) is 30.3 Å². The molecule has 1 aromatic carbocycles. The van der Waals surface area contributed by atoms with Gasteiger partial charge < -0.3 is 14.8 Å². The zero-order chi connectivity index (χ0) is 14.9. The van der Waals surface area contributed by atoms with Crippen molar-refractivity contribution in [3.63, 3.8) is 0 Å². The lowest BCUT2D eigenvalue weighted by Crippen LogP contribution is -2.37. The van der Waals surface area contributed by atoms with E-state index in [-0.39, 0.29) is 6.03 Å². The van der Waals surface area contributed by atoms with Gasteiger partial charge in [-0.2, -0.15) is 0 Å². The van der Waals surface area contributed by atoms with Gasteiger partial charge in [0.2, 0.25) is 0 Å². The molecule has 6 nitrogen and oxygen atoms in total. The Balaban J connectivity index is 1.44. The molecule has 2 amide bonds. The van der Waals surface area contributed by atoms with E-state index in [9.17, 15) is 4.79 Å². The van der Waals surface area contributed by atoms with Gasteiger partial charge in [-0.15, -0.1) is 10.2 Å². The molecular formula is C16H19N5O. The van der Waals surface area contributed by atoms with Crippen LogP contribution in [-0.2, 0) is 13.0 Å². The summed E-state index contributed by atoms with van der Waals surface area (Å²) < 4.78 is 2.22. The van der Waals surface area contributed by atoms with Gasteiger partial charge in [0.15, 0.2) is 0 Å². The minimum absolute atomic E-state index is 0.0436. The third kappa shape index (κ3) is 2.56. The van der Waals surface area contributed by atoms with Crippen LogP contribution >= 0.6 is 0 Å². The van der Waals surface area contributed by atoms with Crippen molar-refractivity contribution in [2.75, 3.05) is 18.4 Å². The van der Waals surface area contributed by atoms with Crippen molar-refractivity contribution in [2.24, 2.45) is 0 Å². The van der Waals surface area contributed by atoms with E-state index in [4.69, 9.17) is 0 Å². The molecule has 6 heteroatoms. The molecule has 1 N–H and O–H groups in total. The van der Waals surface area contributed by atoms with E-state index in [1.807, 2.05) is 35.2 Å². The van der Waals surface area contributed by atoms with E-state index >= 15 is 0 Å². The molecular weight excluding hydrogens is 278 g/mol. The molecule has 1 aliphatic carbocycles. The Morgan fingerprint density at radius 2 is 1.91 bits per heavy atom. The number of amides is 2. The Morgan fingerprint density at radius 1 is 1.09 bits per heavy atom. The first-order valence-electron chi connectivity index (χ1n) is 7.84. The maximum absolute atomic E-state index is 12.4. The summed E-state index contributed by atoms with van der Waals surface area (Å²) in [5.41, 5.74) is 0.829. The Bertz CT molecular complexity index is 677. The van der Waals surface area contributed by atoms with Crippen LogP contribution in [-0.4, -0.2) is 38.8 Å². The molecule has 1 aliphatic heterocycles. The number of urea groups is 1. The molecule has 2 heterocycles. The normalized spacial score (nSPS) is 17.7. The fourth-order valence-electron chi connectivity index (χ4n) is 2.92. The van der Waals surface area contributed by atoms with Crippen molar-refractivity contribution >= 4 is 11.7 Å². The van der Waals surface area contributed by atoms with E-state index < -0.39 is 0 Å². The maximum Gasteiger partial charge on any atom is 0.321 e. The number of carbonyl (C=O) groups is 1. The number of nitrogens with zero attached hydrogens (tertiary/aromatic N) is 4. The van der Waals surface area contributed by atoms with Gasteiger partial charge in [0.25, 0.3) is 0 Å². The van der Waals surface area contributed by atoms with Crippen LogP contribution in [0, 0.1) is 0 Å². The van der Waals surface area contributed by atoms with E-state index in [1.54, 1.807) is 0 Å². The van der Waals surface area contributed by atoms with Crippen molar-refractivity contribution in [1.29, 1.82) is 0 Å². The average Bonchev–Trinajstić information content (AvgIpc) is 3.33. The minimum Gasteiger partial charge on any atom is -0.322 e. The second-order valence-electron chi connectivity index (χ2n) is 5.93. The highest BCUT2D eigenvalue weighted by Crippen LogP contribution is 2.39. The maximum atomic E-state index is 12.4. The first kappa shape index (κ1) is 13.3. The van der Waals surface area contributed by atoms with Crippen molar-refractivity contribution in [2.45, 2.75) is 31.7 Å². The Morgan fingerprint density at radius 3 is 2.68 bits per heavy atom. The molecule has 22 heavy (non-hydrogen) atoms. The Kier molecular flexibility index (Phi) is 3.29. The summed E-state index contributed by atoms with van der Waals surface area (Å²) in [5.74, 6) is 2.71. The topological polar surface area (TPSA) is 63.1 Å². The molecule has 0 saturated heterocycles. The van der Waals surface area contributed by atoms with E-state index in [1.165, 1.54) is 12.8 Å². The number of carbonyl (C=O) groups excluding carboxylic acids is 1. The summed E-state index contributed by atoms with van der Waals surface area (Å²) in [6.45, 7) is 2.17. The predicted octanol–water partition coefficient (Wildman–Crippen LogP) is 2.25. The van der Waals surface area contributed by atoms with Gasteiger partial charge in [-0.3, -0.25) is 0 Å². The average molecular weight is 297 g/mol. The third-order valence-electron chi connectivity index (χ3n) is 4.31. The van der Waals surface area contributed by atoms with E-state index in [0.29, 0.717) is 19.0 Å². The number of nitrogens with one attached hydrogen (secondary N) is 1. The highest BCUT2D eigenvalue weighted by atomic mass is 16.2. The largest absolute Gasteiger partial charge is 0.322 e. The number of anilines is 1. The van der Waals surface area contributed by atoms with Gasteiger partial charge in [-0.25, -0.2) is 4.79 Å². The van der Waals surface area contributed by atoms with Crippen LogP contribution in [0.4, 0.5) is 10.5 Å². The first-order valence-corrected chi connectivity index (χ1v) is 7.84. The quantitative estimate of drug-likeness (QED) is 0.924. The van der Waals surface area contributed by atoms with Gasteiger partial charge in [0.05, 0.1) is 0 Å². The second kappa shape index (κ2) is 5.44. The van der Waals surface area contributed by atoms with Crippen molar-refractivity contribution in [3.8, 4) is 0 Å². The molecule has 0 bridgehead atoms. The summed E-state index contributed by atoms with van der Waals surface area (Å²) >= 11 is 0. The molecule has 1 fully saturated rings. The number of fused-ring (bicyclic) bond motifs is 1. The van der Waals surface area contributed by atoms with Crippen LogP contribution in [0.2, 0.25) is 0 Å². The third-order valence-corrected chi connectivity index (χ3v) is 4.31. The molecule has 0 spiro atoms. The lowest BCUT2D eigenvalue weighted by Gasteiger charge is -2.20. The van der Waals surface area contributed by atoms with Gasteiger partial charge in [-0.1, -0.05) is 18.2 Å². The van der Waals surface area contributed by atoms with Gasteiger partial charge >= 0.3 is 6.03 Å². The molecule has 2 aliphatic rings. The lowest BCUT2D eigenvalue weighted by atomic mass is 10.3. The van der Waals surface area contributed by atoms with Crippen molar-refractivity contribution in [1.82, 2.24) is 19.7 Å². The summed E-state index contributed by atoms with van der Waals surface area (Å²) in [6.07, 6.45) is 3.20. The monoisotopic (exact) mass is 297 g/mol. The van der Waals surface area contributed by atoms with Crippen LogP contribution in [0.15, 0.2) is 30.3 Å². The number of hydrogen-bond acceptors (Lipinski definition) is 3. The van der Waals surface area contributed by atoms with Crippen LogP contribution in [0.5, 0.6) is 0 Å². The molecule has 4 rings (SSSR count). The molecule has 0 atom stereocenters. The van der Waals surface area contributed by atoms with Crippen LogP contribution < -0.4 is 5.32 Å². The van der Waals surface area contributed by atoms with E-state index in [2.05, 4.69) is 20.1 Å². The fraction of sp³-hybridized carbons (Fsp3) is 0.438. The molecule has 114 valence electrons. The van der Waals surface area contributed by atoms with Crippen LogP contribution in [0.25, 0.3) is 0 Å². The van der Waals surface area contributed by atoms with Crippen molar-refractivity contribution in [3.05, 3.63) is 42.0 Å². The number of rotatable bonds is 2. The van der Waals surface area contributed by atoms with Crippen LogP contribution in [0.1, 0.15) is 30.4 Å². The standard InChI is InChI=1S/C16H19N5O/c22-16(17-13-4-2-1-3-5-13)20-9-8-14-18-19-15(12-6-7-12)21(14)11-10-20/h1-5,12H,6-11H2,(H,17,22). The molecule has 0 unspecified atom stereocenters. The summed E-state index contributed by atoms with van der Waals surface area (Å²) in [7, 11) is 0. The molecule has 2 aromatic rings. The number of benzene rings is 1. The highest BCUT2D eigenvalue weighted by Gasteiger charge is 2.31.